The molecular weight excluding hydrogens is 496 g/mol. The van der Waals surface area contributed by atoms with Crippen molar-refractivity contribution in [1.29, 1.82) is 0 Å². The zero-order valence-corrected chi connectivity index (χ0v) is 21.7. The maximum Gasteiger partial charge on any atom is 0.180 e. The maximum atomic E-state index is 14.1. The van der Waals surface area contributed by atoms with Gasteiger partial charge in [0.1, 0.15) is 18.2 Å². The molecule has 3 heterocycles. The molecule has 0 N–H and O–H groups in total. The van der Waals surface area contributed by atoms with Crippen LogP contribution in [0.1, 0.15) is 22.4 Å². The molecular formula is C28H29F2N3O3S. The summed E-state index contributed by atoms with van der Waals surface area (Å²) in [5.74, 6) is -0.394. The van der Waals surface area contributed by atoms with Crippen LogP contribution in [0.15, 0.2) is 54.7 Å². The lowest BCUT2D eigenvalue weighted by atomic mass is 10.0. The van der Waals surface area contributed by atoms with Crippen molar-refractivity contribution in [1.82, 2.24) is 14.3 Å². The molecule has 1 fully saturated rings. The van der Waals surface area contributed by atoms with Crippen LogP contribution in [0.25, 0.3) is 16.9 Å². The van der Waals surface area contributed by atoms with Crippen LogP contribution in [-0.2, 0) is 22.9 Å². The average molecular weight is 526 g/mol. The van der Waals surface area contributed by atoms with Crippen LogP contribution in [0.5, 0.6) is 5.75 Å². The van der Waals surface area contributed by atoms with Gasteiger partial charge in [-0.2, -0.15) is 0 Å². The summed E-state index contributed by atoms with van der Waals surface area (Å²) in [6.45, 7) is 5.57. The molecule has 194 valence electrons. The Balaban J connectivity index is 1.40. The second-order valence-electron chi connectivity index (χ2n) is 9.55. The molecule has 1 saturated heterocycles. The van der Waals surface area contributed by atoms with Crippen LogP contribution in [0.4, 0.5) is 8.78 Å². The van der Waals surface area contributed by atoms with Crippen LogP contribution >= 0.6 is 0 Å². The van der Waals surface area contributed by atoms with E-state index >= 15 is 0 Å². The fraction of sp³-hybridized carbons (Fsp3) is 0.321. The van der Waals surface area contributed by atoms with Crippen molar-refractivity contribution in [2.45, 2.75) is 26.9 Å². The molecule has 2 aromatic carbocycles. The predicted molar refractivity (Wildman–Crippen MR) is 140 cm³/mol. The highest BCUT2D eigenvalue weighted by Gasteiger charge is 2.21. The predicted octanol–water partition coefficient (Wildman–Crippen LogP) is 4.75. The van der Waals surface area contributed by atoms with E-state index in [4.69, 9.17) is 9.72 Å². The van der Waals surface area contributed by atoms with E-state index in [0.29, 0.717) is 24.5 Å². The Kier molecular flexibility index (Phi) is 7.00. The number of halogens is 2. The van der Waals surface area contributed by atoms with E-state index in [2.05, 4.69) is 17.0 Å². The molecule has 6 nitrogen and oxygen atoms in total. The van der Waals surface area contributed by atoms with Gasteiger partial charge >= 0.3 is 0 Å². The molecule has 0 spiro atoms. The summed E-state index contributed by atoms with van der Waals surface area (Å²) in [7, 11) is -2.89. The highest BCUT2D eigenvalue weighted by Crippen LogP contribution is 2.31. The Morgan fingerprint density at radius 1 is 1.00 bits per heavy atom. The van der Waals surface area contributed by atoms with Gasteiger partial charge in [-0.3, -0.25) is 4.40 Å². The average Bonchev–Trinajstić information content (AvgIpc) is 3.18. The largest absolute Gasteiger partial charge is 0.485 e. The van der Waals surface area contributed by atoms with E-state index < -0.39 is 21.5 Å². The third-order valence-electron chi connectivity index (χ3n) is 6.79. The molecule has 1 aliphatic heterocycles. The molecule has 37 heavy (non-hydrogen) atoms. The van der Waals surface area contributed by atoms with Crippen LogP contribution in [0.3, 0.4) is 0 Å². The lowest BCUT2D eigenvalue weighted by molar-refractivity contribution is 0.294. The van der Waals surface area contributed by atoms with Crippen molar-refractivity contribution in [2.24, 2.45) is 0 Å². The number of aryl methyl sites for hydroxylation is 2. The summed E-state index contributed by atoms with van der Waals surface area (Å²) < 4.78 is 59.5. The van der Waals surface area contributed by atoms with Gasteiger partial charge in [-0.25, -0.2) is 22.2 Å². The number of ether oxygens (including phenoxy) is 1. The van der Waals surface area contributed by atoms with E-state index in [9.17, 15) is 17.2 Å². The summed E-state index contributed by atoms with van der Waals surface area (Å²) in [4.78, 5) is 6.93. The van der Waals surface area contributed by atoms with Crippen molar-refractivity contribution < 1.29 is 21.9 Å². The number of sulfone groups is 1. The number of rotatable bonds is 7. The summed E-state index contributed by atoms with van der Waals surface area (Å²) in [6.07, 6.45) is 2.79. The van der Waals surface area contributed by atoms with Crippen LogP contribution in [0.2, 0.25) is 0 Å². The van der Waals surface area contributed by atoms with Gasteiger partial charge in [0.2, 0.25) is 0 Å². The van der Waals surface area contributed by atoms with Gasteiger partial charge in [-0.15, -0.1) is 0 Å². The molecule has 0 aliphatic carbocycles. The number of imidazole rings is 1. The van der Waals surface area contributed by atoms with Crippen LogP contribution < -0.4 is 4.74 Å². The Hall–Kier alpha value is -3.30. The number of pyridine rings is 1. The lowest BCUT2D eigenvalue weighted by Gasteiger charge is -2.26. The summed E-state index contributed by atoms with van der Waals surface area (Å²) in [5, 5.41) is 0. The minimum absolute atomic E-state index is 0.121. The zero-order valence-electron chi connectivity index (χ0n) is 20.9. The van der Waals surface area contributed by atoms with Gasteiger partial charge in [0, 0.05) is 31.4 Å². The van der Waals surface area contributed by atoms with Crippen molar-refractivity contribution in [3.63, 3.8) is 0 Å². The van der Waals surface area contributed by atoms with Gasteiger partial charge in [0.05, 0.1) is 28.5 Å². The minimum atomic E-state index is -2.89. The molecule has 1 aliphatic rings. The second kappa shape index (κ2) is 10.2. The zero-order chi connectivity index (χ0) is 26.2. The molecule has 0 unspecified atom stereocenters. The number of fused-ring (bicyclic) bond motifs is 1. The molecule has 4 aromatic rings. The smallest absolute Gasteiger partial charge is 0.180 e. The number of benzene rings is 2. The first kappa shape index (κ1) is 25.4. The standard InChI is InChI=1S/C28H29F2N3O3S/c1-19-15-26(36-18-23-24(29)7-4-8-25(23)30)28-31-20(2)27(33(28)17-19)22-6-3-5-21(16-22)9-10-32-11-13-37(34,35)14-12-32/h3-8,15-17H,9-14,18H2,1-2H3. The van der Waals surface area contributed by atoms with E-state index in [1.165, 1.54) is 18.2 Å². The van der Waals surface area contributed by atoms with Gasteiger partial charge in [0.25, 0.3) is 0 Å². The number of aromatic nitrogens is 2. The normalized spacial score (nSPS) is 15.8. The topological polar surface area (TPSA) is 63.9 Å². The summed E-state index contributed by atoms with van der Waals surface area (Å²) >= 11 is 0. The monoisotopic (exact) mass is 525 g/mol. The summed E-state index contributed by atoms with van der Waals surface area (Å²) in [6, 6.07) is 13.8. The molecule has 9 heteroatoms. The molecule has 0 bridgehead atoms. The summed E-state index contributed by atoms with van der Waals surface area (Å²) in [5.41, 5.74) is 5.27. The molecule has 2 aromatic heterocycles. The Bertz CT molecular complexity index is 1530. The van der Waals surface area contributed by atoms with Gasteiger partial charge < -0.3 is 9.64 Å². The van der Waals surface area contributed by atoms with Crippen molar-refractivity contribution >= 4 is 15.5 Å². The van der Waals surface area contributed by atoms with Crippen LogP contribution in [-0.4, -0.2) is 53.8 Å². The fourth-order valence-electron chi connectivity index (χ4n) is 4.77. The first-order valence-electron chi connectivity index (χ1n) is 12.3. The molecule has 0 amide bonds. The van der Waals surface area contributed by atoms with Crippen molar-refractivity contribution in [2.75, 3.05) is 31.1 Å². The molecule has 5 rings (SSSR count). The lowest BCUT2D eigenvalue weighted by Crippen LogP contribution is -2.41. The fourth-order valence-corrected chi connectivity index (χ4v) is 6.04. The van der Waals surface area contributed by atoms with Gasteiger partial charge in [-0.1, -0.05) is 24.3 Å². The second-order valence-corrected chi connectivity index (χ2v) is 11.9. The highest BCUT2D eigenvalue weighted by atomic mass is 32.2. The van der Waals surface area contributed by atoms with E-state index in [1.54, 1.807) is 0 Å². The van der Waals surface area contributed by atoms with E-state index in [-0.39, 0.29) is 23.7 Å². The van der Waals surface area contributed by atoms with Crippen molar-refractivity contribution in [3.05, 3.63) is 88.7 Å². The Morgan fingerprint density at radius 3 is 2.43 bits per heavy atom. The van der Waals surface area contributed by atoms with E-state index in [0.717, 1.165) is 41.0 Å². The first-order valence-corrected chi connectivity index (χ1v) is 14.1. The molecule has 0 saturated carbocycles. The Labute approximate surface area is 215 Å². The number of hydrogen-bond donors (Lipinski definition) is 0. The van der Waals surface area contributed by atoms with E-state index in [1.807, 2.05) is 42.6 Å². The SMILES string of the molecule is Cc1cc(OCc2c(F)cccc2F)c2nc(C)c(-c3cccc(CCN4CCS(=O)(=O)CC4)c3)n2c1. The van der Waals surface area contributed by atoms with Crippen molar-refractivity contribution in [3.8, 4) is 17.0 Å². The number of nitrogens with zero attached hydrogens (tertiary/aromatic N) is 3. The first-order chi connectivity index (χ1) is 17.7. The molecule has 0 atom stereocenters. The minimum Gasteiger partial charge on any atom is -0.485 e. The quantitative estimate of drug-likeness (QED) is 0.349. The maximum absolute atomic E-state index is 14.1. The third-order valence-corrected chi connectivity index (χ3v) is 8.39. The van der Waals surface area contributed by atoms with Gasteiger partial charge in [0.15, 0.2) is 21.2 Å². The van der Waals surface area contributed by atoms with Crippen LogP contribution in [0, 0.1) is 25.5 Å². The number of hydrogen-bond acceptors (Lipinski definition) is 5. The molecule has 0 radical (unpaired) electrons. The van der Waals surface area contributed by atoms with Gasteiger partial charge in [-0.05, 0) is 55.7 Å². The Morgan fingerprint density at radius 2 is 1.70 bits per heavy atom. The highest BCUT2D eigenvalue weighted by molar-refractivity contribution is 7.91. The third kappa shape index (κ3) is 5.52.